The minimum atomic E-state index is -0.904. The Labute approximate surface area is 257 Å². The fourth-order valence-corrected chi connectivity index (χ4v) is 5.97. The molecule has 0 bridgehead atoms. The van der Waals surface area contributed by atoms with Gasteiger partial charge in [-0.05, 0) is 56.3 Å². The van der Waals surface area contributed by atoms with Crippen molar-refractivity contribution < 1.29 is 24.3 Å². The third kappa shape index (κ3) is 7.54. The molecule has 1 saturated heterocycles. The van der Waals surface area contributed by atoms with Crippen LogP contribution in [0.1, 0.15) is 82.2 Å². The van der Waals surface area contributed by atoms with Gasteiger partial charge >= 0.3 is 5.97 Å². The van der Waals surface area contributed by atoms with E-state index in [1.165, 1.54) is 19.3 Å². The molecule has 4 heterocycles. The Balaban J connectivity index is 0.983. The van der Waals surface area contributed by atoms with E-state index in [0.717, 1.165) is 50.8 Å². The number of phenols is 1. The number of aliphatic carboxylic acids is 1. The van der Waals surface area contributed by atoms with Gasteiger partial charge in [-0.3, -0.25) is 9.48 Å². The van der Waals surface area contributed by atoms with Gasteiger partial charge in [-0.15, -0.1) is 10.2 Å². The molecular formula is C32H43N7O5. The highest BCUT2D eigenvalue weighted by molar-refractivity contribution is 5.87. The maximum absolute atomic E-state index is 11.5. The molecule has 1 atom stereocenters. The van der Waals surface area contributed by atoms with Gasteiger partial charge in [0, 0.05) is 31.3 Å². The number of para-hydroxylation sites is 1. The van der Waals surface area contributed by atoms with Gasteiger partial charge in [0.25, 0.3) is 0 Å². The maximum atomic E-state index is 11.5. The summed E-state index contributed by atoms with van der Waals surface area (Å²) in [6.07, 6.45) is 7.60. The van der Waals surface area contributed by atoms with E-state index in [9.17, 15) is 15.0 Å². The number of nitrogens with zero attached hydrogens (tertiary/aromatic N) is 6. The number of nitrogens with two attached hydrogens (primary N) is 1. The van der Waals surface area contributed by atoms with Gasteiger partial charge in [-0.2, -0.15) is 5.10 Å². The minimum Gasteiger partial charge on any atom is -0.507 e. The predicted octanol–water partition coefficient (Wildman–Crippen LogP) is 5.40. The Kier molecular flexibility index (Phi) is 10.4. The monoisotopic (exact) mass is 605 g/mol. The standard InChI is InChI=1S/C32H43N7O5/c1-21(2)29(32(41)42)28-18-22(37-44-28)20-43-17-9-5-3-4-8-14-38-15-12-23(13-16-38)39-26-19-25(24-10-6-7-11-27(24)40)34-35-30(26)31(33)36-39/h6-7,10-11,18-19,21,23,29,40H,3-5,8-9,12-17,20H2,1-2H3,(H2,33,36)(H,41,42). The van der Waals surface area contributed by atoms with Crippen molar-refractivity contribution in [3.63, 3.8) is 0 Å². The Hall–Kier alpha value is -4.03. The molecule has 4 aromatic rings. The van der Waals surface area contributed by atoms with Crippen molar-refractivity contribution in [1.29, 1.82) is 0 Å². The molecule has 0 radical (unpaired) electrons. The number of aromatic nitrogens is 5. The number of benzene rings is 1. The molecule has 12 heteroatoms. The lowest BCUT2D eigenvalue weighted by atomic mass is 9.93. The van der Waals surface area contributed by atoms with Crippen molar-refractivity contribution in [3.05, 3.63) is 47.9 Å². The summed E-state index contributed by atoms with van der Waals surface area (Å²) in [5, 5.41) is 36.9. The van der Waals surface area contributed by atoms with Crippen molar-refractivity contribution in [2.75, 3.05) is 32.0 Å². The number of carboxylic acids is 1. The van der Waals surface area contributed by atoms with Crippen molar-refractivity contribution in [3.8, 4) is 17.0 Å². The van der Waals surface area contributed by atoms with Crippen LogP contribution in [0.5, 0.6) is 5.75 Å². The molecule has 1 aliphatic rings. The third-order valence-corrected chi connectivity index (χ3v) is 8.39. The Morgan fingerprint density at radius 3 is 2.59 bits per heavy atom. The number of likely N-dealkylation sites (tertiary alicyclic amines) is 1. The molecule has 236 valence electrons. The largest absolute Gasteiger partial charge is 0.507 e. The summed E-state index contributed by atoms with van der Waals surface area (Å²) in [6, 6.07) is 11.0. The van der Waals surface area contributed by atoms with Crippen LogP contribution in [0.15, 0.2) is 40.9 Å². The molecule has 4 N–H and O–H groups in total. The number of hydrogen-bond acceptors (Lipinski definition) is 10. The lowest BCUT2D eigenvalue weighted by Crippen LogP contribution is -2.35. The van der Waals surface area contributed by atoms with Gasteiger partial charge in [0.15, 0.2) is 17.1 Å². The first-order chi connectivity index (χ1) is 21.3. The minimum absolute atomic E-state index is 0.0776. The van der Waals surface area contributed by atoms with Gasteiger partial charge in [0.05, 0.1) is 23.9 Å². The normalized spacial score (nSPS) is 15.3. The second-order valence-corrected chi connectivity index (χ2v) is 12.0. The summed E-state index contributed by atoms with van der Waals surface area (Å²) in [7, 11) is 0. The molecule has 1 aromatic carbocycles. The zero-order chi connectivity index (χ0) is 31.1. The fraction of sp³-hybridized carbons (Fsp3) is 0.531. The zero-order valence-corrected chi connectivity index (χ0v) is 25.6. The SMILES string of the molecule is CC(C)C(C(=O)O)c1cc(COCCCCCCCN2CCC(n3nc(N)c4nnc(-c5ccccc5O)cc43)CC2)no1. The summed E-state index contributed by atoms with van der Waals surface area (Å²) in [6.45, 7) is 7.80. The van der Waals surface area contributed by atoms with Gasteiger partial charge in [-0.1, -0.05) is 50.4 Å². The number of rotatable bonds is 15. The molecule has 12 nitrogen and oxygen atoms in total. The molecule has 1 aliphatic heterocycles. The van der Waals surface area contributed by atoms with E-state index >= 15 is 0 Å². The molecule has 0 aliphatic carbocycles. The second-order valence-electron chi connectivity index (χ2n) is 12.0. The highest BCUT2D eigenvalue weighted by atomic mass is 16.5. The summed E-state index contributed by atoms with van der Waals surface area (Å²) in [5.74, 6) is -0.751. The Bertz CT molecular complexity index is 1530. The average Bonchev–Trinajstić information content (AvgIpc) is 3.60. The van der Waals surface area contributed by atoms with Crippen molar-refractivity contribution in [2.45, 2.75) is 77.4 Å². The topological polar surface area (TPSA) is 166 Å². The number of carbonyl (C=O) groups is 1. The van der Waals surface area contributed by atoms with E-state index in [2.05, 4.69) is 25.4 Å². The lowest BCUT2D eigenvalue weighted by Gasteiger charge is -2.32. The number of aromatic hydroxyl groups is 1. The summed E-state index contributed by atoms with van der Waals surface area (Å²) in [4.78, 5) is 14.0. The van der Waals surface area contributed by atoms with Crippen LogP contribution in [0, 0.1) is 5.92 Å². The summed E-state index contributed by atoms with van der Waals surface area (Å²) >= 11 is 0. The van der Waals surface area contributed by atoms with Gasteiger partial charge in [-0.25, -0.2) is 0 Å². The lowest BCUT2D eigenvalue weighted by molar-refractivity contribution is -0.140. The number of phenolic OH excluding ortho intramolecular Hbond substituents is 1. The van der Waals surface area contributed by atoms with Crippen LogP contribution in [0.4, 0.5) is 5.82 Å². The van der Waals surface area contributed by atoms with Crippen LogP contribution in [0.3, 0.4) is 0 Å². The van der Waals surface area contributed by atoms with Crippen molar-refractivity contribution in [1.82, 2.24) is 30.0 Å². The highest BCUT2D eigenvalue weighted by Gasteiger charge is 2.28. The van der Waals surface area contributed by atoms with Crippen molar-refractivity contribution >= 4 is 22.8 Å². The highest BCUT2D eigenvalue weighted by Crippen LogP contribution is 2.32. The molecule has 0 amide bonds. The first kappa shape index (κ1) is 31.4. The fourth-order valence-electron chi connectivity index (χ4n) is 5.97. The average molecular weight is 606 g/mol. The van der Waals surface area contributed by atoms with E-state index < -0.39 is 11.9 Å². The van der Waals surface area contributed by atoms with E-state index in [1.54, 1.807) is 18.2 Å². The Morgan fingerprint density at radius 1 is 1.09 bits per heavy atom. The molecular weight excluding hydrogens is 562 g/mol. The summed E-state index contributed by atoms with van der Waals surface area (Å²) < 4.78 is 13.0. The number of ether oxygens (including phenoxy) is 1. The van der Waals surface area contributed by atoms with E-state index in [0.29, 0.717) is 47.3 Å². The molecule has 3 aromatic heterocycles. The number of hydrogen-bond donors (Lipinski definition) is 3. The van der Waals surface area contributed by atoms with Crippen LogP contribution in [0.2, 0.25) is 0 Å². The Morgan fingerprint density at radius 2 is 1.84 bits per heavy atom. The van der Waals surface area contributed by atoms with Crippen LogP contribution < -0.4 is 5.73 Å². The van der Waals surface area contributed by atoms with Gasteiger partial charge < -0.3 is 30.1 Å². The van der Waals surface area contributed by atoms with Crippen LogP contribution in [-0.2, 0) is 16.1 Å². The molecule has 44 heavy (non-hydrogen) atoms. The molecule has 1 fully saturated rings. The number of nitrogen functional groups attached to an aromatic ring is 1. The maximum Gasteiger partial charge on any atom is 0.314 e. The van der Waals surface area contributed by atoms with E-state index in [1.807, 2.05) is 36.7 Å². The quantitative estimate of drug-likeness (QED) is 0.149. The van der Waals surface area contributed by atoms with Gasteiger partial charge in [0.2, 0.25) is 0 Å². The third-order valence-electron chi connectivity index (χ3n) is 8.39. The van der Waals surface area contributed by atoms with E-state index in [-0.39, 0.29) is 17.7 Å². The van der Waals surface area contributed by atoms with Crippen LogP contribution in [-0.4, -0.2) is 72.5 Å². The number of piperidine rings is 1. The zero-order valence-electron chi connectivity index (χ0n) is 25.6. The predicted molar refractivity (Wildman–Crippen MR) is 166 cm³/mol. The van der Waals surface area contributed by atoms with Gasteiger partial charge in [0.1, 0.15) is 17.4 Å². The smallest absolute Gasteiger partial charge is 0.314 e. The molecule has 1 unspecified atom stereocenters. The first-order valence-electron chi connectivity index (χ1n) is 15.6. The summed E-state index contributed by atoms with van der Waals surface area (Å²) in [5.41, 5.74) is 9.50. The van der Waals surface area contributed by atoms with E-state index in [4.69, 9.17) is 15.0 Å². The second kappa shape index (κ2) is 14.6. The number of anilines is 1. The molecule has 0 saturated carbocycles. The van der Waals surface area contributed by atoms with Crippen LogP contribution >= 0.6 is 0 Å². The van der Waals surface area contributed by atoms with Crippen LogP contribution in [0.25, 0.3) is 22.3 Å². The first-order valence-corrected chi connectivity index (χ1v) is 15.6. The number of fused-ring (bicyclic) bond motifs is 1. The number of carboxylic acid groups (broad SMARTS) is 1. The molecule has 5 rings (SSSR count). The van der Waals surface area contributed by atoms with Crippen molar-refractivity contribution in [2.24, 2.45) is 5.92 Å². The number of unbranched alkanes of at least 4 members (excludes halogenated alkanes) is 4. The molecule has 0 spiro atoms.